The molecule has 0 N–H and O–H groups in total. The molecule has 1 aliphatic rings. The topological polar surface area (TPSA) is 46.6 Å². The van der Waals surface area contributed by atoms with Gasteiger partial charge in [0.2, 0.25) is 5.91 Å². The standard InChI is InChI=1S/C20H18ClNO3S/c21-17-13-15(6-8-20(24)22-9-11-25-12-10-22)5-7-19(17)26-18-4-2-1-3-16(18)14-23/h1-8,13-14H,9-12H2/b8-6+. The first-order valence-corrected chi connectivity index (χ1v) is 9.43. The molecule has 0 spiro atoms. The van der Waals surface area contributed by atoms with Crippen molar-refractivity contribution in [2.24, 2.45) is 0 Å². The van der Waals surface area contributed by atoms with Crippen molar-refractivity contribution in [2.75, 3.05) is 26.3 Å². The summed E-state index contributed by atoms with van der Waals surface area (Å²) in [7, 11) is 0. The second-order valence-electron chi connectivity index (χ2n) is 5.72. The zero-order valence-electron chi connectivity index (χ0n) is 14.1. The zero-order chi connectivity index (χ0) is 18.4. The smallest absolute Gasteiger partial charge is 0.246 e. The molecule has 0 saturated carbocycles. The molecular formula is C20H18ClNO3S. The van der Waals surface area contributed by atoms with Gasteiger partial charge in [-0.2, -0.15) is 0 Å². The van der Waals surface area contributed by atoms with Crippen LogP contribution in [-0.4, -0.2) is 43.4 Å². The van der Waals surface area contributed by atoms with Gasteiger partial charge in [0.15, 0.2) is 6.29 Å². The van der Waals surface area contributed by atoms with Gasteiger partial charge in [0.25, 0.3) is 0 Å². The Labute approximate surface area is 161 Å². The lowest BCUT2D eigenvalue weighted by atomic mass is 10.2. The van der Waals surface area contributed by atoms with Crippen molar-refractivity contribution in [3.8, 4) is 0 Å². The highest BCUT2D eigenvalue weighted by atomic mass is 35.5. The Kier molecular flexibility index (Phi) is 6.50. The summed E-state index contributed by atoms with van der Waals surface area (Å²) in [5.41, 5.74) is 1.48. The van der Waals surface area contributed by atoms with Crippen molar-refractivity contribution in [3.05, 3.63) is 64.7 Å². The highest BCUT2D eigenvalue weighted by Crippen LogP contribution is 2.35. The second kappa shape index (κ2) is 9.03. The van der Waals surface area contributed by atoms with Crippen molar-refractivity contribution in [1.82, 2.24) is 4.90 Å². The number of nitrogens with zero attached hydrogens (tertiary/aromatic N) is 1. The summed E-state index contributed by atoms with van der Waals surface area (Å²) >= 11 is 7.83. The maximum atomic E-state index is 12.1. The third-order valence-corrected chi connectivity index (χ3v) is 5.56. The number of amides is 1. The first kappa shape index (κ1) is 18.7. The SMILES string of the molecule is O=Cc1ccccc1Sc1ccc(/C=C/C(=O)N2CCOCC2)cc1Cl. The summed E-state index contributed by atoms with van der Waals surface area (Å²) in [6, 6.07) is 13.0. The van der Waals surface area contributed by atoms with E-state index in [4.69, 9.17) is 16.3 Å². The van der Waals surface area contributed by atoms with Crippen molar-refractivity contribution in [1.29, 1.82) is 0 Å². The number of carbonyl (C=O) groups is 2. The number of carbonyl (C=O) groups excluding carboxylic acids is 2. The minimum atomic E-state index is -0.0252. The Hall–Kier alpha value is -2.08. The first-order chi connectivity index (χ1) is 12.7. The molecule has 1 heterocycles. The van der Waals surface area contributed by atoms with E-state index in [2.05, 4.69) is 0 Å². The fourth-order valence-corrected chi connectivity index (χ4v) is 3.76. The number of aldehydes is 1. The van der Waals surface area contributed by atoms with Gasteiger partial charge in [-0.3, -0.25) is 9.59 Å². The number of rotatable bonds is 5. The molecule has 1 amide bonds. The van der Waals surface area contributed by atoms with E-state index in [9.17, 15) is 9.59 Å². The molecule has 0 bridgehead atoms. The van der Waals surface area contributed by atoms with E-state index >= 15 is 0 Å². The second-order valence-corrected chi connectivity index (χ2v) is 7.21. The van der Waals surface area contributed by atoms with Crippen LogP contribution in [0.1, 0.15) is 15.9 Å². The van der Waals surface area contributed by atoms with Crippen LogP contribution in [0, 0.1) is 0 Å². The molecular weight excluding hydrogens is 370 g/mol. The Morgan fingerprint density at radius 2 is 1.88 bits per heavy atom. The minimum absolute atomic E-state index is 0.0252. The summed E-state index contributed by atoms with van der Waals surface area (Å²) in [5.74, 6) is -0.0252. The lowest BCUT2D eigenvalue weighted by molar-refractivity contribution is -0.129. The van der Waals surface area contributed by atoms with Crippen LogP contribution in [0.4, 0.5) is 0 Å². The molecule has 0 aliphatic carbocycles. The maximum Gasteiger partial charge on any atom is 0.246 e. The Bertz CT molecular complexity index is 832. The molecule has 26 heavy (non-hydrogen) atoms. The molecule has 0 radical (unpaired) electrons. The molecule has 0 aromatic heterocycles. The van der Waals surface area contributed by atoms with Crippen molar-refractivity contribution >= 4 is 41.6 Å². The third-order valence-electron chi connectivity index (χ3n) is 3.96. The van der Waals surface area contributed by atoms with Gasteiger partial charge in [0, 0.05) is 34.5 Å². The normalized spacial score (nSPS) is 14.6. The van der Waals surface area contributed by atoms with Gasteiger partial charge in [0.05, 0.1) is 18.2 Å². The highest BCUT2D eigenvalue weighted by Gasteiger charge is 2.14. The van der Waals surface area contributed by atoms with E-state index in [-0.39, 0.29) is 5.91 Å². The number of benzene rings is 2. The van der Waals surface area contributed by atoms with Crippen LogP contribution in [-0.2, 0) is 9.53 Å². The molecule has 134 valence electrons. The van der Waals surface area contributed by atoms with Crippen LogP contribution in [0.5, 0.6) is 0 Å². The van der Waals surface area contributed by atoms with E-state index in [1.807, 2.05) is 36.4 Å². The predicted octanol–water partition coefficient (Wildman–Crippen LogP) is 4.18. The van der Waals surface area contributed by atoms with Gasteiger partial charge in [-0.05, 0) is 29.8 Å². The molecule has 2 aromatic rings. The van der Waals surface area contributed by atoms with Gasteiger partial charge >= 0.3 is 0 Å². The van der Waals surface area contributed by atoms with E-state index in [1.54, 1.807) is 23.1 Å². The minimum Gasteiger partial charge on any atom is -0.378 e. The molecule has 6 heteroatoms. The fourth-order valence-electron chi connectivity index (χ4n) is 2.55. The summed E-state index contributed by atoms with van der Waals surface area (Å²) in [6.45, 7) is 2.41. The van der Waals surface area contributed by atoms with Crippen molar-refractivity contribution in [3.63, 3.8) is 0 Å². The monoisotopic (exact) mass is 387 g/mol. The van der Waals surface area contributed by atoms with E-state index in [1.165, 1.54) is 11.8 Å². The van der Waals surface area contributed by atoms with Crippen LogP contribution in [0.25, 0.3) is 6.08 Å². The van der Waals surface area contributed by atoms with Crippen LogP contribution < -0.4 is 0 Å². The molecule has 3 rings (SSSR count). The Balaban J connectivity index is 1.70. The summed E-state index contributed by atoms with van der Waals surface area (Å²) in [5, 5.41) is 0.580. The van der Waals surface area contributed by atoms with Gasteiger partial charge in [-0.15, -0.1) is 0 Å². The van der Waals surface area contributed by atoms with Crippen LogP contribution in [0.2, 0.25) is 5.02 Å². The van der Waals surface area contributed by atoms with Crippen LogP contribution in [0.15, 0.2) is 58.3 Å². The van der Waals surface area contributed by atoms with Gasteiger partial charge < -0.3 is 9.64 Å². The summed E-state index contributed by atoms with van der Waals surface area (Å²) in [6.07, 6.45) is 4.16. The quantitative estimate of drug-likeness (QED) is 0.570. The largest absolute Gasteiger partial charge is 0.378 e. The molecule has 4 nitrogen and oxygen atoms in total. The van der Waals surface area contributed by atoms with Crippen molar-refractivity contribution < 1.29 is 14.3 Å². The van der Waals surface area contributed by atoms with E-state index in [0.29, 0.717) is 36.9 Å². The Morgan fingerprint density at radius 1 is 1.12 bits per heavy atom. The summed E-state index contributed by atoms with van der Waals surface area (Å²) < 4.78 is 5.25. The number of ether oxygens (including phenoxy) is 1. The predicted molar refractivity (Wildman–Crippen MR) is 104 cm³/mol. The fraction of sp³-hybridized carbons (Fsp3) is 0.200. The van der Waals surface area contributed by atoms with Crippen molar-refractivity contribution in [2.45, 2.75) is 9.79 Å². The number of halogens is 1. The number of hydrogen-bond acceptors (Lipinski definition) is 4. The summed E-state index contributed by atoms with van der Waals surface area (Å²) in [4.78, 5) is 26.8. The van der Waals surface area contributed by atoms with Gasteiger partial charge in [-0.25, -0.2) is 0 Å². The maximum absolute atomic E-state index is 12.1. The molecule has 1 fully saturated rings. The molecule has 1 aliphatic heterocycles. The molecule has 2 aromatic carbocycles. The number of hydrogen-bond donors (Lipinski definition) is 0. The lowest BCUT2D eigenvalue weighted by Gasteiger charge is -2.25. The van der Waals surface area contributed by atoms with E-state index < -0.39 is 0 Å². The first-order valence-electron chi connectivity index (χ1n) is 8.24. The average Bonchev–Trinajstić information content (AvgIpc) is 2.69. The third kappa shape index (κ3) is 4.75. The van der Waals surface area contributed by atoms with Crippen LogP contribution >= 0.6 is 23.4 Å². The van der Waals surface area contributed by atoms with Gasteiger partial charge in [0.1, 0.15) is 0 Å². The number of morpholine rings is 1. The molecule has 1 saturated heterocycles. The molecule has 0 unspecified atom stereocenters. The lowest BCUT2D eigenvalue weighted by Crippen LogP contribution is -2.39. The Morgan fingerprint density at radius 3 is 2.62 bits per heavy atom. The highest BCUT2D eigenvalue weighted by molar-refractivity contribution is 7.99. The van der Waals surface area contributed by atoms with Gasteiger partial charge in [-0.1, -0.05) is 47.6 Å². The van der Waals surface area contributed by atoms with Crippen LogP contribution in [0.3, 0.4) is 0 Å². The van der Waals surface area contributed by atoms with E-state index in [0.717, 1.165) is 21.6 Å². The zero-order valence-corrected chi connectivity index (χ0v) is 15.6. The average molecular weight is 388 g/mol. The molecule has 0 atom stereocenters.